The Hall–Kier alpha value is -9.62. The molecule has 0 bridgehead atoms. The van der Waals surface area contributed by atoms with E-state index in [2.05, 4.69) is 223 Å². The number of nitrogens with zero attached hydrogens (tertiary/aromatic N) is 6. The SMILES string of the molecule is [C-]#[N+]c1cc(C#N)c(-n2c3ccccc3c3cc4c5ccccc5n(-c5ccccc5)c4cc32)c(-c2ccccc2)c1-n1c2ccccc2c2cc3c4ccccc4n(-c4ccccc4)c3cc21. The summed E-state index contributed by atoms with van der Waals surface area (Å²) in [7, 11) is 0. The van der Waals surface area contributed by atoms with Gasteiger partial charge in [-0.25, -0.2) is 4.85 Å². The van der Waals surface area contributed by atoms with Crippen LogP contribution < -0.4 is 0 Å². The van der Waals surface area contributed by atoms with Crippen LogP contribution in [0.4, 0.5) is 5.69 Å². The lowest BCUT2D eigenvalue weighted by atomic mass is 9.95. The molecule has 0 aliphatic heterocycles. The minimum absolute atomic E-state index is 0.392. The van der Waals surface area contributed by atoms with Crippen LogP contribution >= 0.6 is 0 Å². The van der Waals surface area contributed by atoms with Crippen molar-refractivity contribution in [2.24, 2.45) is 0 Å². The maximum absolute atomic E-state index is 11.4. The number of aromatic nitrogens is 4. The van der Waals surface area contributed by atoms with E-state index < -0.39 is 0 Å². The van der Waals surface area contributed by atoms with Gasteiger partial charge >= 0.3 is 0 Å². The third-order valence-corrected chi connectivity index (χ3v) is 14.0. The van der Waals surface area contributed by atoms with Crippen LogP contribution in [0, 0.1) is 17.9 Å². The van der Waals surface area contributed by atoms with Crippen molar-refractivity contribution in [3.63, 3.8) is 0 Å². The molecule has 0 aliphatic rings. The average molecular weight is 865 g/mol. The first-order valence-electron chi connectivity index (χ1n) is 22.8. The predicted molar refractivity (Wildman–Crippen MR) is 280 cm³/mol. The first kappa shape index (κ1) is 37.7. The minimum Gasteiger partial charge on any atom is -0.318 e. The molecule has 0 fully saturated rings. The van der Waals surface area contributed by atoms with Crippen LogP contribution in [0.5, 0.6) is 0 Å². The van der Waals surface area contributed by atoms with E-state index in [1.807, 2.05) is 24.3 Å². The molecule has 0 atom stereocenters. The smallest absolute Gasteiger partial charge is 0.212 e. The summed E-state index contributed by atoms with van der Waals surface area (Å²) in [6.07, 6.45) is 0. The molecule has 0 N–H and O–H groups in total. The van der Waals surface area contributed by atoms with Gasteiger partial charge in [0.15, 0.2) is 0 Å². The average Bonchev–Trinajstić information content (AvgIpc) is 4.11. The highest BCUT2D eigenvalue weighted by molar-refractivity contribution is 6.22. The van der Waals surface area contributed by atoms with E-state index in [0.717, 1.165) is 110 Å². The fraction of sp³-hybridized carbons (Fsp3) is 0. The van der Waals surface area contributed by atoms with Crippen molar-refractivity contribution in [3.8, 4) is 39.9 Å². The molecular weight excluding hydrogens is 829 g/mol. The molecule has 0 saturated carbocycles. The van der Waals surface area contributed by atoms with Crippen molar-refractivity contribution >= 4 is 92.9 Å². The summed E-state index contributed by atoms with van der Waals surface area (Å²) in [6, 6.07) is 79.3. The molecule has 68 heavy (non-hydrogen) atoms. The number of rotatable bonds is 5. The van der Waals surface area contributed by atoms with Crippen molar-refractivity contribution in [3.05, 3.63) is 235 Å². The number of benzene rings is 10. The molecule has 0 radical (unpaired) electrons. The maximum atomic E-state index is 11.4. The van der Waals surface area contributed by atoms with E-state index in [9.17, 15) is 5.26 Å². The van der Waals surface area contributed by atoms with Gasteiger partial charge in [0.2, 0.25) is 5.69 Å². The van der Waals surface area contributed by atoms with Crippen molar-refractivity contribution in [1.29, 1.82) is 5.26 Å². The van der Waals surface area contributed by atoms with Crippen molar-refractivity contribution in [1.82, 2.24) is 18.3 Å². The minimum atomic E-state index is 0.392. The van der Waals surface area contributed by atoms with Crippen molar-refractivity contribution in [2.45, 2.75) is 0 Å². The molecule has 14 rings (SSSR count). The zero-order valence-corrected chi connectivity index (χ0v) is 36.5. The third kappa shape index (κ3) is 5.20. The molecule has 0 aliphatic carbocycles. The van der Waals surface area contributed by atoms with E-state index in [4.69, 9.17) is 6.57 Å². The third-order valence-electron chi connectivity index (χ3n) is 14.0. The zero-order chi connectivity index (χ0) is 45.0. The number of hydrogen-bond acceptors (Lipinski definition) is 1. The van der Waals surface area contributed by atoms with Crippen LogP contribution in [0.15, 0.2) is 218 Å². The maximum Gasteiger partial charge on any atom is 0.212 e. The Morgan fingerprint density at radius 1 is 0.338 bits per heavy atom. The van der Waals surface area contributed by atoms with Gasteiger partial charge in [-0.1, -0.05) is 140 Å². The summed E-state index contributed by atoms with van der Waals surface area (Å²) >= 11 is 0. The summed E-state index contributed by atoms with van der Waals surface area (Å²) in [6.45, 7) is 8.93. The molecule has 6 heteroatoms. The second-order valence-corrected chi connectivity index (χ2v) is 17.5. The van der Waals surface area contributed by atoms with Crippen LogP contribution in [0.1, 0.15) is 5.56 Å². The van der Waals surface area contributed by atoms with Crippen LogP contribution in [-0.4, -0.2) is 18.3 Å². The van der Waals surface area contributed by atoms with Gasteiger partial charge in [0.05, 0.1) is 67.6 Å². The van der Waals surface area contributed by atoms with Crippen LogP contribution in [0.3, 0.4) is 0 Å². The van der Waals surface area contributed by atoms with Crippen LogP contribution in [0.2, 0.25) is 0 Å². The highest BCUT2D eigenvalue weighted by Gasteiger charge is 2.29. The van der Waals surface area contributed by atoms with Crippen molar-refractivity contribution < 1.29 is 0 Å². The molecule has 6 nitrogen and oxygen atoms in total. The largest absolute Gasteiger partial charge is 0.318 e. The number of fused-ring (bicyclic) bond motifs is 12. The molecule has 4 heterocycles. The van der Waals surface area contributed by atoms with E-state index in [1.54, 1.807) is 0 Å². The molecule has 0 amide bonds. The Kier molecular flexibility index (Phi) is 8.01. The van der Waals surface area contributed by atoms with Gasteiger partial charge in [0.25, 0.3) is 0 Å². The lowest BCUT2D eigenvalue weighted by molar-refractivity contribution is 1.13. The van der Waals surface area contributed by atoms with E-state index in [1.165, 1.54) is 10.8 Å². The van der Waals surface area contributed by atoms with Gasteiger partial charge in [0, 0.05) is 60.0 Å². The first-order valence-corrected chi connectivity index (χ1v) is 22.8. The second-order valence-electron chi connectivity index (χ2n) is 17.5. The molecule has 4 aromatic heterocycles. The Bertz CT molecular complexity index is 4230. The highest BCUT2D eigenvalue weighted by Crippen LogP contribution is 2.49. The summed E-state index contributed by atoms with van der Waals surface area (Å²) in [5, 5.41) is 20.4. The molecule has 14 aromatic rings. The number of hydrogen-bond donors (Lipinski definition) is 0. The molecule has 0 spiro atoms. The van der Waals surface area contributed by atoms with Crippen molar-refractivity contribution in [2.75, 3.05) is 0 Å². The van der Waals surface area contributed by atoms with Gasteiger partial charge in [-0.2, -0.15) is 5.26 Å². The topological polar surface area (TPSA) is 47.9 Å². The van der Waals surface area contributed by atoms with Gasteiger partial charge in [-0.05, 0) is 84.4 Å². The normalized spacial score (nSPS) is 11.8. The number of para-hydroxylation sites is 6. The summed E-state index contributed by atoms with van der Waals surface area (Å²) in [5.41, 5.74) is 14.3. The molecule has 0 unspecified atom stereocenters. The quantitative estimate of drug-likeness (QED) is 0.159. The Balaban J connectivity index is 1.18. The lowest BCUT2D eigenvalue weighted by Gasteiger charge is -2.23. The van der Waals surface area contributed by atoms with Gasteiger partial charge in [-0.15, -0.1) is 0 Å². The Morgan fingerprint density at radius 2 is 0.691 bits per heavy atom. The zero-order valence-electron chi connectivity index (χ0n) is 36.5. The van der Waals surface area contributed by atoms with Gasteiger partial charge < -0.3 is 18.3 Å². The van der Waals surface area contributed by atoms with Gasteiger partial charge in [-0.3, -0.25) is 0 Å². The van der Waals surface area contributed by atoms with E-state index in [0.29, 0.717) is 11.3 Å². The lowest BCUT2D eigenvalue weighted by Crippen LogP contribution is -2.07. The Morgan fingerprint density at radius 3 is 1.10 bits per heavy atom. The summed E-state index contributed by atoms with van der Waals surface area (Å²) < 4.78 is 9.26. The van der Waals surface area contributed by atoms with Gasteiger partial charge in [0.1, 0.15) is 6.07 Å². The summed E-state index contributed by atoms with van der Waals surface area (Å²) in [4.78, 5) is 4.31. The van der Waals surface area contributed by atoms with Crippen LogP contribution in [-0.2, 0) is 0 Å². The number of nitriles is 1. The first-order chi connectivity index (χ1) is 33.7. The highest BCUT2D eigenvalue weighted by atomic mass is 15.1. The monoisotopic (exact) mass is 864 g/mol. The molecule has 314 valence electrons. The van der Waals surface area contributed by atoms with E-state index >= 15 is 0 Å². The fourth-order valence-electron chi connectivity index (χ4n) is 11.2. The fourth-order valence-corrected chi connectivity index (χ4v) is 11.2. The van der Waals surface area contributed by atoms with Crippen LogP contribution in [0.25, 0.3) is 126 Å². The predicted octanol–water partition coefficient (Wildman–Crippen LogP) is 16.2. The second kappa shape index (κ2) is 14.4. The molecule has 0 saturated heterocycles. The summed E-state index contributed by atoms with van der Waals surface area (Å²) in [5.74, 6) is 0. The molecular formula is C62H36N6. The molecule has 10 aromatic carbocycles. The van der Waals surface area contributed by atoms with E-state index in [-0.39, 0.29) is 0 Å². The Labute approximate surface area is 390 Å². The standard InChI is InChI=1S/C62H36N6/c1-64-51-33-40(38-63)61(67-54-31-17-13-27-45(54)49-34-47-43-25-11-15-29-52(43)65(56(47)36-58(49)67)41-21-7-3-8-22-41)60(39-19-5-2-6-20-39)62(51)68-55-32-18-14-28-46(55)50-35-48-44-26-12-16-30-53(44)66(57(48)37-59(50)68)42-23-9-4-10-24-42/h2-37H.